The third-order valence-electron chi connectivity index (χ3n) is 7.72. The quantitative estimate of drug-likeness (QED) is 0.416. The zero-order valence-corrected chi connectivity index (χ0v) is 17.7. The Labute approximate surface area is 175 Å². The summed E-state index contributed by atoms with van der Waals surface area (Å²) in [5.74, 6) is -2.35. The number of hydrogen-bond donors (Lipinski definition) is 0. The molecule has 3 fully saturated rings. The van der Waals surface area contributed by atoms with Gasteiger partial charge in [0.05, 0.1) is 38.6 Å². The molecule has 3 aliphatic rings. The van der Waals surface area contributed by atoms with E-state index in [1.165, 1.54) is 20.5 Å². The Hall–Kier alpha value is -2.19. The van der Waals surface area contributed by atoms with Crippen molar-refractivity contribution in [2.24, 2.45) is 28.6 Å². The minimum Gasteiger partial charge on any atom is -0.472 e. The molecule has 1 aromatic rings. The number of esters is 2. The minimum absolute atomic E-state index is 0.132. The van der Waals surface area contributed by atoms with Crippen molar-refractivity contribution in [1.82, 2.24) is 0 Å². The van der Waals surface area contributed by atoms with Crippen LogP contribution in [-0.2, 0) is 33.6 Å². The number of cyclic esters (lactones) is 1. The Morgan fingerprint density at radius 1 is 1.20 bits per heavy atom. The number of Topliss-reactive ketones (excluding diaryl/α,β-unsaturated/α-hetero) is 1. The first-order chi connectivity index (χ1) is 14.3. The van der Waals surface area contributed by atoms with Gasteiger partial charge < -0.3 is 13.9 Å². The fourth-order valence-corrected chi connectivity index (χ4v) is 6.36. The van der Waals surface area contributed by atoms with E-state index in [0.29, 0.717) is 19.3 Å². The van der Waals surface area contributed by atoms with Crippen LogP contribution in [0.5, 0.6) is 0 Å². The Morgan fingerprint density at radius 2 is 1.97 bits per heavy atom. The van der Waals surface area contributed by atoms with Gasteiger partial charge in [0, 0.05) is 11.5 Å². The maximum Gasteiger partial charge on any atom is 0.310 e. The number of hydrogen-bond acceptors (Lipinski definition) is 8. The van der Waals surface area contributed by atoms with Crippen LogP contribution in [0.1, 0.15) is 51.2 Å². The van der Waals surface area contributed by atoms with Crippen LogP contribution in [-0.4, -0.2) is 38.0 Å². The van der Waals surface area contributed by atoms with Crippen molar-refractivity contribution in [2.45, 2.75) is 51.7 Å². The van der Waals surface area contributed by atoms with Crippen LogP contribution >= 0.6 is 0 Å². The summed E-state index contributed by atoms with van der Waals surface area (Å²) in [6, 6.07) is 1.76. The SMILES string of the molecule is COO[C@H]1C[C@@H](C(=O)OC)[C@]2(C)CC[C@H]3C(=O)O[C@H](c4ccoc4)C[C@]3(C)[C@H]2C1=O. The van der Waals surface area contributed by atoms with Crippen molar-refractivity contribution in [2.75, 3.05) is 14.2 Å². The summed E-state index contributed by atoms with van der Waals surface area (Å²) in [6.07, 6.45) is 3.45. The molecule has 0 radical (unpaired) electrons. The van der Waals surface area contributed by atoms with Crippen LogP contribution in [0.3, 0.4) is 0 Å². The number of fused-ring (bicyclic) bond motifs is 3. The monoisotopic (exact) mass is 420 g/mol. The van der Waals surface area contributed by atoms with Gasteiger partial charge in [-0.3, -0.25) is 14.4 Å². The lowest BCUT2D eigenvalue weighted by molar-refractivity contribution is -0.310. The van der Waals surface area contributed by atoms with Gasteiger partial charge in [0.1, 0.15) is 6.10 Å². The van der Waals surface area contributed by atoms with Gasteiger partial charge in [-0.05, 0) is 42.6 Å². The lowest BCUT2D eigenvalue weighted by Crippen LogP contribution is -2.64. The van der Waals surface area contributed by atoms with Crippen LogP contribution in [0.25, 0.3) is 0 Å². The zero-order chi connectivity index (χ0) is 21.7. The van der Waals surface area contributed by atoms with E-state index in [1.54, 1.807) is 12.3 Å². The predicted octanol–water partition coefficient (Wildman–Crippen LogP) is 3.02. The van der Waals surface area contributed by atoms with Crippen molar-refractivity contribution in [3.05, 3.63) is 24.2 Å². The highest BCUT2D eigenvalue weighted by atomic mass is 17.2. The van der Waals surface area contributed by atoms with Crippen LogP contribution in [0.2, 0.25) is 0 Å². The van der Waals surface area contributed by atoms with E-state index >= 15 is 0 Å². The fraction of sp³-hybridized carbons (Fsp3) is 0.682. The first-order valence-corrected chi connectivity index (χ1v) is 10.3. The Bertz CT molecular complexity index is 832. The molecule has 2 saturated carbocycles. The van der Waals surface area contributed by atoms with Gasteiger partial charge in [0.15, 0.2) is 11.9 Å². The first-order valence-electron chi connectivity index (χ1n) is 10.3. The highest BCUT2D eigenvalue weighted by Gasteiger charge is 2.67. The van der Waals surface area contributed by atoms with Crippen molar-refractivity contribution >= 4 is 17.7 Å². The third kappa shape index (κ3) is 3.00. The summed E-state index contributed by atoms with van der Waals surface area (Å²) >= 11 is 0. The molecule has 164 valence electrons. The molecule has 0 aromatic carbocycles. The van der Waals surface area contributed by atoms with E-state index in [2.05, 4.69) is 0 Å². The molecule has 1 aliphatic heterocycles. The van der Waals surface area contributed by atoms with Gasteiger partial charge in [-0.15, -0.1) is 0 Å². The number of furan rings is 1. The average Bonchev–Trinajstić information content (AvgIpc) is 3.23. The minimum atomic E-state index is -0.891. The van der Waals surface area contributed by atoms with Crippen LogP contribution in [0, 0.1) is 28.6 Å². The molecule has 2 aliphatic carbocycles. The standard InChI is InChI=1S/C22H28O8/c1-21-7-5-13-20(25)29-16(12-6-8-28-11-12)10-22(13,2)18(21)17(23)15(30-27-4)9-14(21)19(24)26-3/h6,8,11,13-16,18H,5,7,9-10H2,1-4H3/t13-,14-,15-,16-,18-,21-,22-/m0/s1. The van der Waals surface area contributed by atoms with E-state index in [0.717, 1.165) is 5.56 Å². The van der Waals surface area contributed by atoms with E-state index in [9.17, 15) is 14.4 Å². The molecule has 30 heavy (non-hydrogen) atoms. The van der Waals surface area contributed by atoms with Gasteiger partial charge in [0.2, 0.25) is 0 Å². The van der Waals surface area contributed by atoms with Gasteiger partial charge in [-0.1, -0.05) is 13.8 Å². The second-order valence-electron chi connectivity index (χ2n) is 9.19. The maximum atomic E-state index is 13.6. The van der Waals surface area contributed by atoms with Crippen molar-refractivity contribution in [1.29, 1.82) is 0 Å². The number of ketones is 1. The fourth-order valence-electron chi connectivity index (χ4n) is 6.36. The molecular formula is C22H28O8. The van der Waals surface area contributed by atoms with Crippen LogP contribution < -0.4 is 0 Å². The topological polar surface area (TPSA) is 101 Å². The Balaban J connectivity index is 1.79. The number of carbonyl (C=O) groups is 3. The average molecular weight is 420 g/mol. The largest absolute Gasteiger partial charge is 0.472 e. The summed E-state index contributed by atoms with van der Waals surface area (Å²) in [4.78, 5) is 49.5. The summed E-state index contributed by atoms with van der Waals surface area (Å²) in [6.45, 7) is 3.93. The molecule has 0 bridgehead atoms. The van der Waals surface area contributed by atoms with E-state index < -0.39 is 40.8 Å². The molecular weight excluding hydrogens is 392 g/mol. The van der Waals surface area contributed by atoms with Gasteiger partial charge in [-0.2, -0.15) is 0 Å². The normalized spacial score (nSPS) is 40.9. The molecule has 0 amide bonds. The lowest BCUT2D eigenvalue weighted by Gasteiger charge is -2.60. The lowest BCUT2D eigenvalue weighted by atomic mass is 9.43. The Morgan fingerprint density at radius 3 is 2.60 bits per heavy atom. The number of carbonyl (C=O) groups excluding carboxylic acids is 3. The molecule has 1 saturated heterocycles. The summed E-state index contributed by atoms with van der Waals surface area (Å²) in [7, 11) is 2.69. The molecule has 0 spiro atoms. The number of methoxy groups -OCH3 is 1. The molecule has 7 atom stereocenters. The van der Waals surface area contributed by atoms with Gasteiger partial charge in [0.25, 0.3) is 0 Å². The Kier molecular flexibility index (Phi) is 5.26. The summed E-state index contributed by atoms with van der Waals surface area (Å²) < 4.78 is 16.0. The third-order valence-corrected chi connectivity index (χ3v) is 7.72. The molecule has 4 rings (SSSR count). The highest BCUT2D eigenvalue weighted by molar-refractivity contribution is 5.91. The maximum absolute atomic E-state index is 13.6. The molecule has 2 heterocycles. The van der Waals surface area contributed by atoms with Gasteiger partial charge >= 0.3 is 11.9 Å². The smallest absolute Gasteiger partial charge is 0.310 e. The highest BCUT2D eigenvalue weighted by Crippen LogP contribution is 2.65. The first kappa shape index (κ1) is 21.1. The molecule has 1 aromatic heterocycles. The number of rotatable bonds is 4. The second-order valence-corrected chi connectivity index (χ2v) is 9.19. The molecule has 8 nitrogen and oxygen atoms in total. The van der Waals surface area contributed by atoms with E-state index in [1.807, 2.05) is 13.8 Å². The zero-order valence-electron chi connectivity index (χ0n) is 17.7. The summed E-state index contributed by atoms with van der Waals surface area (Å²) in [5.41, 5.74) is -0.599. The van der Waals surface area contributed by atoms with Crippen molar-refractivity contribution in [3.8, 4) is 0 Å². The predicted molar refractivity (Wildman–Crippen MR) is 102 cm³/mol. The van der Waals surface area contributed by atoms with Gasteiger partial charge in [-0.25, -0.2) is 9.78 Å². The van der Waals surface area contributed by atoms with Crippen molar-refractivity contribution < 1.29 is 38.0 Å². The van der Waals surface area contributed by atoms with E-state index in [4.69, 9.17) is 23.7 Å². The molecule has 0 N–H and O–H groups in total. The van der Waals surface area contributed by atoms with E-state index in [-0.39, 0.29) is 24.1 Å². The second kappa shape index (κ2) is 7.50. The van der Waals surface area contributed by atoms with Crippen molar-refractivity contribution in [3.63, 3.8) is 0 Å². The summed E-state index contributed by atoms with van der Waals surface area (Å²) in [5, 5.41) is 0. The molecule has 0 unspecified atom stereocenters. The molecule has 8 heteroatoms. The van der Waals surface area contributed by atoms with Crippen LogP contribution in [0.15, 0.2) is 23.0 Å². The van der Waals surface area contributed by atoms with Crippen LogP contribution in [0.4, 0.5) is 0 Å². The number of ether oxygens (including phenoxy) is 2.